The summed E-state index contributed by atoms with van der Waals surface area (Å²) in [7, 11) is 0. The number of carboxylic acids is 1. The van der Waals surface area contributed by atoms with Gasteiger partial charge in [-0.2, -0.15) is 5.26 Å². The SMILES string of the molecule is CC(C)(Cc1cccc(-c2ccccc2)c1)NCC(O)COc1cc(-c2ccc(C(=O)O)cc2)ccc1C#N. The highest BCUT2D eigenvalue weighted by Crippen LogP contribution is 2.28. The number of aromatic carboxylic acids is 1. The first-order chi connectivity index (χ1) is 18.7. The number of aliphatic hydroxyl groups is 1. The van der Waals surface area contributed by atoms with Crippen molar-refractivity contribution in [3.8, 4) is 34.1 Å². The van der Waals surface area contributed by atoms with Gasteiger partial charge in [-0.05, 0) is 72.4 Å². The summed E-state index contributed by atoms with van der Waals surface area (Å²) in [4.78, 5) is 11.1. The third kappa shape index (κ3) is 7.55. The summed E-state index contributed by atoms with van der Waals surface area (Å²) < 4.78 is 5.86. The van der Waals surface area contributed by atoms with Crippen LogP contribution < -0.4 is 10.1 Å². The number of hydrogen-bond acceptors (Lipinski definition) is 5. The Labute approximate surface area is 229 Å². The molecular formula is C33H32N2O4. The molecule has 0 fully saturated rings. The van der Waals surface area contributed by atoms with E-state index in [-0.39, 0.29) is 17.7 Å². The maximum Gasteiger partial charge on any atom is 0.335 e. The molecular weight excluding hydrogens is 488 g/mol. The molecule has 0 aliphatic heterocycles. The average molecular weight is 521 g/mol. The predicted molar refractivity (Wildman–Crippen MR) is 153 cm³/mol. The van der Waals surface area contributed by atoms with Gasteiger partial charge in [-0.3, -0.25) is 0 Å². The normalized spacial score (nSPS) is 11.9. The van der Waals surface area contributed by atoms with Gasteiger partial charge in [0.15, 0.2) is 0 Å². The van der Waals surface area contributed by atoms with Crippen LogP contribution in [0.1, 0.15) is 35.3 Å². The Morgan fingerprint density at radius 1 is 0.897 bits per heavy atom. The van der Waals surface area contributed by atoms with Gasteiger partial charge in [0.1, 0.15) is 24.5 Å². The number of nitrogens with zero attached hydrogens (tertiary/aromatic N) is 1. The van der Waals surface area contributed by atoms with Crippen LogP contribution in [0.3, 0.4) is 0 Å². The third-order valence-electron chi connectivity index (χ3n) is 6.49. The van der Waals surface area contributed by atoms with Crippen molar-refractivity contribution in [3.63, 3.8) is 0 Å². The van der Waals surface area contributed by atoms with Gasteiger partial charge in [0.2, 0.25) is 0 Å². The highest BCUT2D eigenvalue weighted by atomic mass is 16.5. The summed E-state index contributed by atoms with van der Waals surface area (Å²) in [5.74, 6) is -0.620. The lowest BCUT2D eigenvalue weighted by Gasteiger charge is -2.28. The van der Waals surface area contributed by atoms with Crippen molar-refractivity contribution < 1.29 is 19.7 Å². The molecule has 0 aliphatic rings. The van der Waals surface area contributed by atoms with Crippen molar-refractivity contribution in [2.45, 2.75) is 31.9 Å². The number of benzene rings is 4. The van der Waals surface area contributed by atoms with Gasteiger partial charge < -0.3 is 20.3 Å². The largest absolute Gasteiger partial charge is 0.489 e. The van der Waals surface area contributed by atoms with Crippen LogP contribution in [0.5, 0.6) is 5.75 Å². The quantitative estimate of drug-likeness (QED) is 0.226. The van der Waals surface area contributed by atoms with Crippen LogP contribution in [0, 0.1) is 11.3 Å². The van der Waals surface area contributed by atoms with Gasteiger partial charge in [0.25, 0.3) is 0 Å². The van der Waals surface area contributed by atoms with Crippen LogP contribution >= 0.6 is 0 Å². The minimum Gasteiger partial charge on any atom is -0.489 e. The van der Waals surface area contributed by atoms with Crippen molar-refractivity contribution in [2.24, 2.45) is 0 Å². The molecule has 4 aromatic rings. The van der Waals surface area contributed by atoms with Gasteiger partial charge in [-0.25, -0.2) is 4.79 Å². The molecule has 6 nitrogen and oxygen atoms in total. The topological polar surface area (TPSA) is 103 Å². The molecule has 4 aromatic carbocycles. The summed E-state index contributed by atoms with van der Waals surface area (Å²) in [6, 6.07) is 32.6. The molecule has 1 unspecified atom stereocenters. The molecule has 6 heteroatoms. The van der Waals surface area contributed by atoms with Crippen molar-refractivity contribution in [2.75, 3.05) is 13.2 Å². The summed E-state index contributed by atoms with van der Waals surface area (Å²) in [5.41, 5.74) is 5.43. The zero-order valence-corrected chi connectivity index (χ0v) is 22.1. The highest BCUT2D eigenvalue weighted by molar-refractivity contribution is 5.88. The molecule has 0 aromatic heterocycles. The number of hydrogen-bond donors (Lipinski definition) is 3. The first kappa shape index (κ1) is 27.6. The lowest BCUT2D eigenvalue weighted by molar-refractivity contribution is 0.0697. The molecule has 0 spiro atoms. The minimum absolute atomic E-state index is 0.0165. The fourth-order valence-electron chi connectivity index (χ4n) is 4.42. The van der Waals surface area contributed by atoms with Crippen molar-refractivity contribution in [1.29, 1.82) is 5.26 Å². The minimum atomic E-state index is -0.989. The van der Waals surface area contributed by atoms with E-state index >= 15 is 0 Å². The van der Waals surface area contributed by atoms with Gasteiger partial charge in [0.05, 0.1) is 11.1 Å². The summed E-state index contributed by atoms with van der Waals surface area (Å²) in [6.07, 6.45) is -0.00676. The fraction of sp³-hybridized carbons (Fsp3) is 0.212. The number of ether oxygens (including phenoxy) is 1. The Morgan fingerprint density at radius 2 is 1.54 bits per heavy atom. The second-order valence-electron chi connectivity index (χ2n) is 10.2. The number of rotatable bonds is 11. The van der Waals surface area contributed by atoms with E-state index in [2.05, 4.69) is 61.6 Å². The summed E-state index contributed by atoms with van der Waals surface area (Å²) in [5, 5.41) is 32.7. The number of carbonyl (C=O) groups is 1. The molecule has 0 saturated carbocycles. The molecule has 4 rings (SSSR count). The molecule has 198 valence electrons. The van der Waals surface area contributed by atoms with Gasteiger partial charge in [-0.15, -0.1) is 0 Å². The number of nitriles is 1. The average Bonchev–Trinajstić information content (AvgIpc) is 2.95. The Bertz CT molecular complexity index is 1460. The second kappa shape index (κ2) is 12.4. The number of nitrogens with one attached hydrogen (secondary N) is 1. The van der Waals surface area contributed by atoms with E-state index in [1.807, 2.05) is 18.2 Å². The first-order valence-corrected chi connectivity index (χ1v) is 12.8. The molecule has 39 heavy (non-hydrogen) atoms. The Morgan fingerprint density at radius 3 is 2.23 bits per heavy atom. The molecule has 0 heterocycles. The lowest BCUT2D eigenvalue weighted by Crippen LogP contribution is -2.46. The molecule has 1 atom stereocenters. The van der Waals surface area contributed by atoms with Crippen molar-refractivity contribution >= 4 is 5.97 Å². The zero-order valence-electron chi connectivity index (χ0n) is 22.1. The highest BCUT2D eigenvalue weighted by Gasteiger charge is 2.20. The molecule has 0 bridgehead atoms. The first-order valence-electron chi connectivity index (χ1n) is 12.8. The van der Waals surface area contributed by atoms with Crippen LogP contribution in [-0.4, -0.2) is 41.0 Å². The van der Waals surface area contributed by atoms with E-state index in [9.17, 15) is 15.2 Å². The standard InChI is InChI=1S/C33H32N2O4/c1-33(2,19-23-7-6-10-27(17-23)24-8-4-3-5-9-24)35-21-30(36)22-39-31-18-28(15-16-29(31)20-34)25-11-13-26(14-12-25)32(37)38/h3-18,30,35-36H,19,21-22H2,1-2H3,(H,37,38). The molecule has 0 saturated heterocycles. The van der Waals surface area contributed by atoms with E-state index in [1.54, 1.807) is 30.3 Å². The maximum absolute atomic E-state index is 11.1. The Hall–Kier alpha value is -4.44. The van der Waals surface area contributed by atoms with E-state index in [4.69, 9.17) is 9.84 Å². The molecule has 0 aliphatic carbocycles. The second-order valence-corrected chi connectivity index (χ2v) is 10.2. The van der Waals surface area contributed by atoms with Crippen LogP contribution in [0.15, 0.2) is 97.1 Å². The van der Waals surface area contributed by atoms with Crippen LogP contribution in [0.4, 0.5) is 0 Å². The van der Waals surface area contributed by atoms with E-state index in [0.717, 1.165) is 17.5 Å². The summed E-state index contributed by atoms with van der Waals surface area (Å²) >= 11 is 0. The van der Waals surface area contributed by atoms with Gasteiger partial charge in [-0.1, -0.05) is 72.8 Å². The number of carboxylic acid groups (broad SMARTS) is 1. The molecule has 0 radical (unpaired) electrons. The number of β-amino-alcohol motifs (C(OH)–C–C–N with tert-alkyl or cyclic N) is 1. The van der Waals surface area contributed by atoms with Crippen LogP contribution in [0.2, 0.25) is 0 Å². The Kier molecular flexibility index (Phi) is 8.77. The van der Waals surface area contributed by atoms with E-state index in [0.29, 0.717) is 17.9 Å². The van der Waals surface area contributed by atoms with Crippen LogP contribution in [-0.2, 0) is 6.42 Å². The van der Waals surface area contributed by atoms with Crippen molar-refractivity contribution in [1.82, 2.24) is 5.32 Å². The van der Waals surface area contributed by atoms with Gasteiger partial charge >= 0.3 is 5.97 Å². The third-order valence-corrected chi connectivity index (χ3v) is 6.49. The van der Waals surface area contributed by atoms with E-state index < -0.39 is 12.1 Å². The molecule has 3 N–H and O–H groups in total. The maximum atomic E-state index is 11.1. The molecule has 0 amide bonds. The monoisotopic (exact) mass is 520 g/mol. The smallest absolute Gasteiger partial charge is 0.335 e. The van der Waals surface area contributed by atoms with Crippen molar-refractivity contribution in [3.05, 3.63) is 114 Å². The Balaban J connectivity index is 1.35. The summed E-state index contributed by atoms with van der Waals surface area (Å²) in [6.45, 7) is 4.54. The lowest BCUT2D eigenvalue weighted by atomic mass is 9.92. The fourth-order valence-corrected chi connectivity index (χ4v) is 4.42. The number of aliphatic hydroxyl groups excluding tert-OH is 1. The van der Waals surface area contributed by atoms with E-state index in [1.165, 1.54) is 28.8 Å². The van der Waals surface area contributed by atoms with Gasteiger partial charge in [0, 0.05) is 12.1 Å². The predicted octanol–water partition coefficient (Wildman–Crippen LogP) is 5.94. The zero-order chi connectivity index (χ0) is 27.8. The van der Waals surface area contributed by atoms with Crippen LogP contribution in [0.25, 0.3) is 22.3 Å².